The number of ether oxygens (including phenoxy) is 2. The van der Waals surface area contributed by atoms with Gasteiger partial charge in [-0.2, -0.15) is 4.31 Å². The number of rotatable bonds is 11. The number of hydrogen-bond donors (Lipinski definition) is 2. The van der Waals surface area contributed by atoms with E-state index in [1.165, 1.54) is 32.6 Å². The predicted octanol–water partition coefficient (Wildman–Crippen LogP) is 5.48. The Morgan fingerprint density at radius 2 is 1.94 bits per heavy atom. The third-order valence-corrected chi connectivity index (χ3v) is 15.2. The topological polar surface area (TPSA) is 185 Å². The van der Waals surface area contributed by atoms with E-state index in [-0.39, 0.29) is 44.0 Å². The molecule has 0 unspecified atom stereocenters. The zero-order chi connectivity index (χ0) is 47.0. The molecule has 3 aromatic heterocycles. The van der Waals surface area contributed by atoms with Gasteiger partial charge in [-0.05, 0) is 75.3 Å². The summed E-state index contributed by atoms with van der Waals surface area (Å²) in [5.74, 6) is -2.85. The second kappa shape index (κ2) is 19.5. The fraction of sp³-hybridized carbons (Fsp3) is 0.532. The number of aromatic nitrogens is 3. The number of pyridine rings is 1. The first-order chi connectivity index (χ1) is 30.9. The molecule has 2 fully saturated rings. The van der Waals surface area contributed by atoms with Crippen LogP contribution in [0.2, 0.25) is 0 Å². The summed E-state index contributed by atoms with van der Waals surface area (Å²) in [4.78, 5) is 68.0. The number of cyclic esters (lactones) is 1. The SMILES string of the molecule is C=CS(=O)(=O)N1CC[C@H](C(=O)N(C)[C@H](C(=O)N[C@H]2Cc3nc(cs3)-c3ccc4c(c3)c(c(-c3cccnc3[C@H](C)OC)n4CC)CC(C)(C)COC(=O)[C@@H]3CCCN(N3)C2=O)C(C)C)C1. The van der Waals surface area contributed by atoms with Gasteiger partial charge in [0.1, 0.15) is 18.1 Å². The number of thiazole rings is 1. The summed E-state index contributed by atoms with van der Waals surface area (Å²) in [6, 6.07) is 7.43. The molecule has 350 valence electrons. The van der Waals surface area contributed by atoms with E-state index in [0.29, 0.717) is 43.8 Å². The largest absolute Gasteiger partial charge is 0.464 e. The van der Waals surface area contributed by atoms with E-state index in [4.69, 9.17) is 19.4 Å². The summed E-state index contributed by atoms with van der Waals surface area (Å²) in [6.45, 7) is 16.5. The molecular formula is C47H62N8O8S2. The van der Waals surface area contributed by atoms with Crippen molar-refractivity contribution < 1.29 is 37.1 Å². The number of carbonyl (C=O) groups excluding carboxylic acids is 4. The molecule has 0 spiro atoms. The Bertz CT molecular complexity index is 2570. The molecule has 5 atom stereocenters. The quantitative estimate of drug-likeness (QED) is 0.182. The van der Waals surface area contributed by atoms with Gasteiger partial charge < -0.3 is 24.3 Å². The molecule has 6 heterocycles. The fourth-order valence-electron chi connectivity index (χ4n) is 9.44. The third-order valence-electron chi connectivity index (χ3n) is 12.9. The lowest BCUT2D eigenvalue weighted by Gasteiger charge is -2.36. The Morgan fingerprint density at radius 1 is 1.17 bits per heavy atom. The summed E-state index contributed by atoms with van der Waals surface area (Å²) in [7, 11) is -0.498. The summed E-state index contributed by atoms with van der Waals surface area (Å²) in [5.41, 5.74) is 9.12. The van der Waals surface area contributed by atoms with Gasteiger partial charge in [-0.25, -0.2) is 18.8 Å². The minimum Gasteiger partial charge on any atom is -0.464 e. The molecule has 2 N–H and O–H groups in total. The van der Waals surface area contributed by atoms with Crippen molar-refractivity contribution in [1.29, 1.82) is 0 Å². The molecule has 0 aliphatic carbocycles. The normalized spacial score (nSPS) is 21.7. The number of sulfonamides is 1. The van der Waals surface area contributed by atoms with Crippen molar-refractivity contribution >= 4 is 56.0 Å². The highest BCUT2D eigenvalue weighted by molar-refractivity contribution is 7.92. The van der Waals surface area contributed by atoms with Crippen molar-refractivity contribution in [2.24, 2.45) is 17.3 Å². The van der Waals surface area contributed by atoms with Crippen molar-refractivity contribution in [1.82, 2.24) is 39.5 Å². The van der Waals surface area contributed by atoms with Crippen LogP contribution in [0.25, 0.3) is 33.4 Å². The first-order valence-electron chi connectivity index (χ1n) is 22.4. The third kappa shape index (κ3) is 9.92. The number of hydrogen-bond acceptors (Lipinski definition) is 12. The highest BCUT2D eigenvalue weighted by atomic mass is 32.2. The zero-order valence-electron chi connectivity index (χ0n) is 38.6. The summed E-state index contributed by atoms with van der Waals surface area (Å²) in [6.07, 6.45) is 3.39. The van der Waals surface area contributed by atoms with Crippen molar-refractivity contribution in [2.75, 3.05) is 40.4 Å². The van der Waals surface area contributed by atoms with Gasteiger partial charge in [0.15, 0.2) is 0 Å². The summed E-state index contributed by atoms with van der Waals surface area (Å²) in [5, 5.41) is 8.84. The number of aryl methyl sites for hydroxylation is 1. The molecule has 16 nitrogen and oxygen atoms in total. The van der Waals surface area contributed by atoms with Gasteiger partial charge >= 0.3 is 5.97 Å². The van der Waals surface area contributed by atoms with Crippen LogP contribution in [-0.4, -0.2) is 119 Å². The maximum atomic E-state index is 14.6. The maximum absolute atomic E-state index is 14.6. The highest BCUT2D eigenvalue weighted by Gasteiger charge is 2.41. The second-order valence-electron chi connectivity index (χ2n) is 18.5. The number of benzene rings is 1. The molecule has 7 rings (SSSR count). The van der Waals surface area contributed by atoms with E-state index < -0.39 is 57.3 Å². The predicted molar refractivity (Wildman–Crippen MR) is 250 cm³/mol. The summed E-state index contributed by atoms with van der Waals surface area (Å²) < 4.78 is 40.4. The lowest BCUT2D eigenvalue weighted by atomic mass is 9.84. The lowest BCUT2D eigenvalue weighted by molar-refractivity contribution is -0.155. The minimum atomic E-state index is -3.71. The van der Waals surface area contributed by atoms with Crippen LogP contribution in [0.4, 0.5) is 0 Å². The molecule has 0 saturated carbocycles. The second-order valence-corrected chi connectivity index (χ2v) is 21.3. The Labute approximate surface area is 385 Å². The molecule has 0 radical (unpaired) electrons. The van der Waals surface area contributed by atoms with E-state index in [1.807, 2.05) is 38.3 Å². The van der Waals surface area contributed by atoms with Crippen LogP contribution in [0.1, 0.15) is 83.2 Å². The molecule has 3 amide bonds. The summed E-state index contributed by atoms with van der Waals surface area (Å²) >= 11 is 1.38. The van der Waals surface area contributed by atoms with Crippen LogP contribution >= 0.6 is 11.3 Å². The first kappa shape index (κ1) is 47.9. The molecule has 18 heteroatoms. The molecule has 3 aliphatic heterocycles. The van der Waals surface area contributed by atoms with Crippen LogP contribution in [0.5, 0.6) is 0 Å². The van der Waals surface area contributed by atoms with Crippen LogP contribution in [-0.2, 0) is 58.1 Å². The Morgan fingerprint density at radius 3 is 2.65 bits per heavy atom. The van der Waals surface area contributed by atoms with E-state index in [9.17, 15) is 27.6 Å². The van der Waals surface area contributed by atoms with Gasteiger partial charge in [0.2, 0.25) is 21.8 Å². The van der Waals surface area contributed by atoms with Gasteiger partial charge in [0, 0.05) is 91.2 Å². The van der Waals surface area contributed by atoms with Gasteiger partial charge in [-0.15, -0.1) is 11.3 Å². The average Bonchev–Trinajstić information content (AvgIpc) is 4.05. The average molecular weight is 931 g/mol. The zero-order valence-corrected chi connectivity index (χ0v) is 40.3. The van der Waals surface area contributed by atoms with Crippen LogP contribution in [0.3, 0.4) is 0 Å². The molecule has 1 aromatic carbocycles. The van der Waals surface area contributed by atoms with Crippen molar-refractivity contribution in [2.45, 2.75) is 104 Å². The van der Waals surface area contributed by atoms with Crippen LogP contribution in [0, 0.1) is 17.3 Å². The molecular weight excluding hydrogens is 869 g/mol. The van der Waals surface area contributed by atoms with Crippen molar-refractivity contribution in [3.8, 4) is 22.5 Å². The van der Waals surface area contributed by atoms with Crippen molar-refractivity contribution in [3.63, 3.8) is 0 Å². The smallest absolute Gasteiger partial charge is 0.324 e. The number of nitrogens with one attached hydrogen (secondary N) is 2. The number of amides is 3. The fourth-order valence-corrected chi connectivity index (χ4v) is 11.2. The first-order valence-corrected chi connectivity index (χ1v) is 24.8. The van der Waals surface area contributed by atoms with Crippen LogP contribution in [0.15, 0.2) is 53.9 Å². The molecule has 2 saturated heterocycles. The number of methoxy groups -OCH3 is 1. The minimum absolute atomic E-state index is 0.0158. The molecule has 65 heavy (non-hydrogen) atoms. The lowest BCUT2D eigenvalue weighted by Crippen LogP contribution is -2.62. The maximum Gasteiger partial charge on any atom is 0.324 e. The molecule has 4 aromatic rings. The van der Waals surface area contributed by atoms with E-state index >= 15 is 0 Å². The van der Waals surface area contributed by atoms with Crippen molar-refractivity contribution in [3.05, 3.63) is 70.2 Å². The number of fused-ring (bicyclic) bond motifs is 6. The number of nitrogens with zero attached hydrogens (tertiary/aromatic N) is 6. The molecule has 3 aliphatic rings. The number of likely N-dealkylation sites (N-methyl/N-ethyl adjacent to an activating group) is 1. The number of esters is 1. The van der Waals surface area contributed by atoms with Crippen LogP contribution < -0.4 is 10.7 Å². The highest BCUT2D eigenvalue weighted by Crippen LogP contribution is 2.42. The van der Waals surface area contributed by atoms with Gasteiger partial charge in [0.05, 0.1) is 40.7 Å². The molecule has 6 bridgehead atoms. The Balaban J connectivity index is 1.27. The Kier molecular flexibility index (Phi) is 14.3. The van der Waals surface area contributed by atoms with Gasteiger partial charge in [-0.3, -0.25) is 29.2 Å². The van der Waals surface area contributed by atoms with E-state index in [2.05, 4.69) is 60.9 Å². The van der Waals surface area contributed by atoms with Gasteiger partial charge in [0.25, 0.3) is 5.91 Å². The number of carbonyl (C=O) groups is 4. The van der Waals surface area contributed by atoms with E-state index in [0.717, 1.165) is 50.1 Å². The Hall–Kier alpha value is -5.01. The van der Waals surface area contributed by atoms with Gasteiger partial charge in [-0.1, -0.05) is 40.3 Å². The standard InChI is InChI=1S/C47H62N8O8S2/c1-10-54-38-17-16-30-22-33(38)34(42(54)32-14-12-19-48-40(32)29(5)62-9)24-47(6,7)27-63-46(59)35-15-13-20-55(51-35)45(58)36(23-39-49-37(30)26-64-39)50-43(56)41(28(3)4)52(8)44(57)31-18-21-53(25-31)65(60,61)11-2/h11-12,14,16-17,19,22,26,28-29,31,35-36,41,51H,2,10,13,15,18,20-21,23-25,27H2,1,3-9H3,(H,50,56)/t29-,31-,35-,36-,41-/m0/s1. The number of hydrazine groups is 1. The monoisotopic (exact) mass is 930 g/mol. The van der Waals surface area contributed by atoms with E-state index in [1.54, 1.807) is 13.3 Å².